The number of allylic oxidation sites excluding steroid dienone is 3. The number of aliphatic hydroxyl groups excluding tert-OH is 1. The molecule has 0 spiro atoms. The van der Waals surface area contributed by atoms with Crippen LogP contribution in [-0.2, 0) is 16.1 Å². The molecule has 2 N–H and O–H groups in total. The Kier molecular flexibility index (Phi) is 6.00. The molecule has 2 saturated heterocycles. The molecule has 4 heterocycles. The van der Waals surface area contributed by atoms with Crippen molar-refractivity contribution < 1.29 is 24.5 Å². The van der Waals surface area contributed by atoms with Crippen LogP contribution in [0.5, 0.6) is 5.75 Å². The molecule has 1 aromatic carbocycles. The predicted octanol–water partition coefficient (Wildman–Crippen LogP) is 3.44. The van der Waals surface area contributed by atoms with E-state index in [1.54, 1.807) is 13.2 Å². The molecule has 3 aliphatic rings. The number of aromatic nitrogens is 1. The number of carbonyl (C=O) groups excluding carboxylic acids is 2. The first-order valence-electron chi connectivity index (χ1n) is 12.7. The fraction of sp³-hybridized carbons (Fsp3) is 0.500. The molecule has 1 aromatic heterocycles. The van der Waals surface area contributed by atoms with Gasteiger partial charge in [0.2, 0.25) is 5.91 Å². The molecule has 0 radical (unpaired) electrons. The predicted molar refractivity (Wildman–Crippen MR) is 136 cm³/mol. The molecule has 8 heteroatoms. The highest BCUT2D eigenvalue weighted by Gasteiger charge is 2.65. The monoisotopic (exact) mass is 493 g/mol. The van der Waals surface area contributed by atoms with Crippen LogP contribution in [0.1, 0.15) is 63.9 Å². The van der Waals surface area contributed by atoms with Crippen molar-refractivity contribution in [2.24, 2.45) is 5.92 Å². The van der Waals surface area contributed by atoms with Crippen LogP contribution in [0.25, 0.3) is 10.9 Å². The van der Waals surface area contributed by atoms with E-state index in [1.807, 2.05) is 52.0 Å². The lowest BCUT2D eigenvalue weighted by Gasteiger charge is -2.54. The highest BCUT2D eigenvalue weighted by Crippen LogP contribution is 2.52. The van der Waals surface area contributed by atoms with E-state index in [4.69, 9.17) is 4.74 Å². The van der Waals surface area contributed by atoms with Gasteiger partial charge >= 0.3 is 0 Å². The average Bonchev–Trinajstić information content (AvgIpc) is 3.45. The number of nitrogens with zero attached hydrogens (tertiary/aromatic N) is 3. The van der Waals surface area contributed by atoms with Gasteiger partial charge < -0.3 is 24.4 Å². The highest BCUT2D eigenvalue weighted by molar-refractivity contribution is 6.02. The number of rotatable bonds is 5. The van der Waals surface area contributed by atoms with E-state index < -0.39 is 29.8 Å². The lowest BCUT2D eigenvalue weighted by atomic mass is 9.82. The number of fused-ring (bicyclic) bond motifs is 5. The number of benzene rings is 1. The minimum atomic E-state index is -2.38. The molecular formula is C28H35N3O5. The Morgan fingerprint density at radius 2 is 2.03 bits per heavy atom. The Balaban J connectivity index is 1.84. The number of methoxy groups -OCH3 is 1. The van der Waals surface area contributed by atoms with Gasteiger partial charge in [-0.25, -0.2) is 0 Å². The first kappa shape index (κ1) is 24.6. The lowest BCUT2D eigenvalue weighted by molar-refractivity contribution is -0.229. The third-order valence-electron chi connectivity index (χ3n) is 7.64. The van der Waals surface area contributed by atoms with Crippen molar-refractivity contribution in [2.75, 3.05) is 13.7 Å². The van der Waals surface area contributed by atoms with Gasteiger partial charge in [0, 0.05) is 30.1 Å². The van der Waals surface area contributed by atoms with Crippen molar-refractivity contribution in [2.45, 2.75) is 71.0 Å². The summed E-state index contributed by atoms with van der Waals surface area (Å²) in [6, 6.07) is 4.22. The number of hydrogen-bond acceptors (Lipinski definition) is 5. The molecule has 0 aliphatic carbocycles. The quantitative estimate of drug-likeness (QED) is 0.623. The standard InChI is InChI=1S/C28H35N3O5/c1-16(2)8-11-20-24-23(19-10-9-18(36-5)15-22(19)29(24)14-12-17(3)4)25(32)28(35)27(34)30-13-6-7-21(30)26(33)31(20)28/h8-12,15-16,20-21,25,32,35H,6-7,13-14H2,1-5H3/b11-8+/t20-,21-,25-,28+/m0/s1. The second-order valence-electron chi connectivity index (χ2n) is 10.6. The smallest absolute Gasteiger partial charge is 0.279 e. The molecule has 4 atom stereocenters. The number of piperazine rings is 1. The van der Waals surface area contributed by atoms with Crippen molar-refractivity contribution in [1.82, 2.24) is 14.4 Å². The molecule has 8 nitrogen and oxygen atoms in total. The van der Waals surface area contributed by atoms with Crippen molar-refractivity contribution in [3.05, 3.63) is 53.3 Å². The highest BCUT2D eigenvalue weighted by atomic mass is 16.5. The van der Waals surface area contributed by atoms with Crippen molar-refractivity contribution >= 4 is 22.7 Å². The van der Waals surface area contributed by atoms with Gasteiger partial charge in [0.15, 0.2) is 0 Å². The summed E-state index contributed by atoms with van der Waals surface area (Å²) in [5, 5.41) is 24.5. The molecule has 0 saturated carbocycles. The Labute approximate surface area is 211 Å². The Morgan fingerprint density at radius 1 is 1.28 bits per heavy atom. The van der Waals surface area contributed by atoms with E-state index in [9.17, 15) is 19.8 Å². The zero-order chi connectivity index (χ0) is 25.9. The van der Waals surface area contributed by atoms with Crippen molar-refractivity contribution in [3.8, 4) is 5.75 Å². The number of carbonyl (C=O) groups is 2. The summed E-state index contributed by atoms with van der Waals surface area (Å²) in [5.74, 6) is -0.0924. The average molecular weight is 494 g/mol. The van der Waals surface area contributed by atoms with Crippen molar-refractivity contribution in [3.63, 3.8) is 0 Å². The van der Waals surface area contributed by atoms with E-state index in [1.165, 1.54) is 9.80 Å². The van der Waals surface area contributed by atoms with Gasteiger partial charge in [-0.15, -0.1) is 0 Å². The number of ether oxygens (including phenoxy) is 1. The van der Waals surface area contributed by atoms with Crippen LogP contribution in [0.15, 0.2) is 42.0 Å². The number of aliphatic hydroxyl groups is 2. The van der Waals surface area contributed by atoms with Gasteiger partial charge in [-0.1, -0.05) is 37.6 Å². The van der Waals surface area contributed by atoms with Gasteiger partial charge in [0.1, 0.15) is 17.9 Å². The fourth-order valence-corrected chi connectivity index (χ4v) is 5.92. The molecule has 5 rings (SSSR count). The van der Waals surface area contributed by atoms with Gasteiger partial charge in [-0.05, 0) is 44.7 Å². The minimum absolute atomic E-state index is 0.183. The largest absolute Gasteiger partial charge is 0.497 e. The van der Waals surface area contributed by atoms with Crippen molar-refractivity contribution in [1.29, 1.82) is 0 Å². The summed E-state index contributed by atoms with van der Waals surface area (Å²) in [6.45, 7) is 9.01. The third kappa shape index (κ3) is 3.42. The maximum atomic E-state index is 13.9. The first-order chi connectivity index (χ1) is 17.1. The van der Waals surface area contributed by atoms with E-state index in [0.29, 0.717) is 42.9 Å². The number of amides is 2. The molecule has 0 unspecified atom stereocenters. The third-order valence-corrected chi connectivity index (χ3v) is 7.64. The summed E-state index contributed by atoms with van der Waals surface area (Å²) in [4.78, 5) is 30.3. The van der Waals surface area contributed by atoms with E-state index >= 15 is 0 Å². The Morgan fingerprint density at radius 3 is 2.69 bits per heavy atom. The molecule has 0 bridgehead atoms. The second kappa shape index (κ2) is 8.78. The first-order valence-corrected chi connectivity index (χ1v) is 12.7. The fourth-order valence-electron chi connectivity index (χ4n) is 5.92. The maximum Gasteiger partial charge on any atom is 0.279 e. The van der Waals surface area contributed by atoms with Gasteiger partial charge in [-0.3, -0.25) is 14.5 Å². The molecule has 36 heavy (non-hydrogen) atoms. The molecule has 3 aliphatic heterocycles. The van der Waals surface area contributed by atoms with Crippen LogP contribution in [0.2, 0.25) is 0 Å². The summed E-state index contributed by atoms with van der Waals surface area (Å²) < 4.78 is 7.55. The van der Waals surface area contributed by atoms with Crippen LogP contribution in [0.4, 0.5) is 0 Å². The van der Waals surface area contributed by atoms with Gasteiger partial charge in [0.25, 0.3) is 11.6 Å². The van der Waals surface area contributed by atoms with Gasteiger partial charge in [0.05, 0.1) is 24.4 Å². The summed E-state index contributed by atoms with van der Waals surface area (Å²) >= 11 is 0. The number of hydrogen-bond donors (Lipinski definition) is 2. The Hall–Kier alpha value is -3.10. The summed E-state index contributed by atoms with van der Waals surface area (Å²) in [7, 11) is 1.60. The van der Waals surface area contributed by atoms with E-state index in [2.05, 4.69) is 10.6 Å². The topological polar surface area (TPSA) is 95.2 Å². The normalized spacial score (nSPS) is 27.6. The van der Waals surface area contributed by atoms with Gasteiger partial charge in [-0.2, -0.15) is 0 Å². The van der Waals surface area contributed by atoms with Crippen LogP contribution < -0.4 is 4.74 Å². The zero-order valence-electron chi connectivity index (χ0n) is 21.6. The van der Waals surface area contributed by atoms with E-state index in [0.717, 1.165) is 16.5 Å². The molecule has 192 valence electrons. The van der Waals surface area contributed by atoms with Crippen LogP contribution in [0, 0.1) is 5.92 Å². The molecule has 2 aromatic rings. The van der Waals surface area contributed by atoms with Crippen LogP contribution in [-0.4, -0.2) is 61.8 Å². The molecular weight excluding hydrogens is 458 g/mol. The maximum absolute atomic E-state index is 13.9. The molecule has 2 fully saturated rings. The van der Waals surface area contributed by atoms with Crippen LogP contribution in [0.3, 0.4) is 0 Å². The van der Waals surface area contributed by atoms with Crippen LogP contribution >= 0.6 is 0 Å². The zero-order valence-corrected chi connectivity index (χ0v) is 21.6. The van der Waals surface area contributed by atoms with E-state index in [-0.39, 0.29) is 11.8 Å². The summed E-state index contributed by atoms with van der Waals surface area (Å²) in [5.41, 5.74) is 0.735. The lowest BCUT2D eigenvalue weighted by Crippen LogP contribution is -2.74. The SMILES string of the molecule is COc1ccc2c3c(n(CC=C(C)C)c2c1)[C@H](/C=C/C(C)C)N1C(=O)[C@@H]2CCCN2C(=O)[C@]1(O)[C@H]3O. The molecule has 2 amide bonds. The second-order valence-corrected chi connectivity index (χ2v) is 10.6. The summed E-state index contributed by atoms with van der Waals surface area (Å²) in [6.07, 6.45) is 5.60. The minimum Gasteiger partial charge on any atom is -0.497 e. The Bertz CT molecular complexity index is 1290.